The molecule has 0 unspecified atom stereocenters. The minimum absolute atomic E-state index is 0.0538. The first-order chi connectivity index (χ1) is 18.1. The van der Waals surface area contributed by atoms with E-state index in [1.807, 2.05) is 32.0 Å². The van der Waals surface area contributed by atoms with E-state index in [-0.39, 0.29) is 17.6 Å². The molecule has 0 saturated carbocycles. The predicted octanol–water partition coefficient (Wildman–Crippen LogP) is 3.45. The van der Waals surface area contributed by atoms with Gasteiger partial charge in [0, 0.05) is 74.1 Å². The molecule has 1 aliphatic heterocycles. The van der Waals surface area contributed by atoms with Gasteiger partial charge in [-0.2, -0.15) is 0 Å². The van der Waals surface area contributed by atoms with Crippen LogP contribution in [0, 0.1) is 13.8 Å². The van der Waals surface area contributed by atoms with E-state index in [1.165, 1.54) is 13.8 Å². The minimum Gasteiger partial charge on any atom is -0.368 e. The first kappa shape index (κ1) is 27.1. The van der Waals surface area contributed by atoms with Crippen LogP contribution >= 0.6 is 11.6 Å². The van der Waals surface area contributed by atoms with Crippen LogP contribution in [0.5, 0.6) is 0 Å². The van der Waals surface area contributed by atoms with Crippen molar-refractivity contribution < 1.29 is 14.4 Å². The second-order valence-electron chi connectivity index (χ2n) is 9.31. The Kier molecular flexibility index (Phi) is 8.31. The molecule has 1 aliphatic rings. The number of nitrogens with zero attached hydrogens (tertiary/aromatic N) is 4. The molecule has 1 aromatic carbocycles. The average molecular weight is 538 g/mol. The highest BCUT2D eigenvalue weighted by Gasteiger charge is 2.27. The van der Waals surface area contributed by atoms with E-state index in [1.54, 1.807) is 17.0 Å². The molecule has 1 fully saturated rings. The summed E-state index contributed by atoms with van der Waals surface area (Å²) in [5.41, 5.74) is 3.29. The zero-order valence-corrected chi connectivity index (χ0v) is 22.8. The van der Waals surface area contributed by atoms with Crippen molar-refractivity contribution in [1.82, 2.24) is 25.2 Å². The number of Topliss-reactive ketones (excluding diaryl/α,β-unsaturated/α-hetero) is 1. The highest BCUT2D eigenvalue weighted by molar-refractivity contribution is 6.30. The van der Waals surface area contributed by atoms with Crippen molar-refractivity contribution in [3.63, 3.8) is 0 Å². The second-order valence-corrected chi connectivity index (χ2v) is 9.75. The predicted molar refractivity (Wildman–Crippen MR) is 148 cm³/mol. The Balaban J connectivity index is 1.51. The van der Waals surface area contributed by atoms with Crippen LogP contribution in [-0.2, 0) is 4.79 Å². The minimum atomic E-state index is -0.109. The smallest absolute Gasteiger partial charge is 0.270 e. The fourth-order valence-electron chi connectivity index (χ4n) is 4.63. The number of aromatic nitrogens is 3. The number of rotatable bonds is 8. The number of nitrogens with one attached hydrogen (secondary N) is 3. The van der Waals surface area contributed by atoms with Gasteiger partial charge in [-0.3, -0.25) is 14.4 Å². The Morgan fingerprint density at radius 1 is 1.00 bits per heavy atom. The number of aryl methyl sites for hydroxylation is 1. The van der Waals surface area contributed by atoms with E-state index in [9.17, 15) is 14.4 Å². The molecule has 200 valence electrons. The van der Waals surface area contributed by atoms with Crippen LogP contribution < -0.4 is 15.5 Å². The number of carbonyl (C=O) groups excluding carboxylic acids is 3. The van der Waals surface area contributed by atoms with Gasteiger partial charge in [0.2, 0.25) is 5.91 Å². The molecule has 38 heavy (non-hydrogen) atoms. The maximum absolute atomic E-state index is 13.3. The Morgan fingerprint density at radius 2 is 1.68 bits per heavy atom. The number of halogens is 1. The van der Waals surface area contributed by atoms with E-state index in [0.29, 0.717) is 78.4 Å². The molecular weight excluding hydrogens is 506 g/mol. The summed E-state index contributed by atoms with van der Waals surface area (Å²) in [6, 6.07) is 9.21. The normalized spacial score (nSPS) is 13.4. The first-order valence-corrected chi connectivity index (χ1v) is 12.9. The van der Waals surface area contributed by atoms with Gasteiger partial charge in [-0.05, 0) is 50.6 Å². The van der Waals surface area contributed by atoms with E-state index in [2.05, 4.69) is 25.5 Å². The van der Waals surface area contributed by atoms with Crippen LogP contribution in [0.4, 0.5) is 11.6 Å². The van der Waals surface area contributed by atoms with Crippen molar-refractivity contribution in [3.8, 4) is 11.4 Å². The van der Waals surface area contributed by atoms with Gasteiger partial charge >= 0.3 is 0 Å². The summed E-state index contributed by atoms with van der Waals surface area (Å²) >= 11 is 6.07. The molecule has 10 nitrogen and oxygen atoms in total. The lowest BCUT2D eigenvalue weighted by atomic mass is 10.1. The number of amides is 2. The number of hydrogen-bond donors (Lipinski definition) is 3. The third kappa shape index (κ3) is 6.13. The molecule has 2 aromatic heterocycles. The number of aromatic amines is 1. The Morgan fingerprint density at radius 3 is 2.29 bits per heavy atom. The molecule has 4 rings (SSSR count). The van der Waals surface area contributed by atoms with Crippen molar-refractivity contribution in [2.45, 2.75) is 27.7 Å². The molecule has 3 heterocycles. The fraction of sp³-hybridized carbons (Fsp3) is 0.370. The molecule has 3 aromatic rings. The molecule has 2 amide bonds. The monoisotopic (exact) mass is 537 g/mol. The molecule has 1 saturated heterocycles. The van der Waals surface area contributed by atoms with Gasteiger partial charge in [0.1, 0.15) is 17.3 Å². The largest absolute Gasteiger partial charge is 0.368 e. The molecule has 11 heteroatoms. The van der Waals surface area contributed by atoms with E-state index < -0.39 is 0 Å². The van der Waals surface area contributed by atoms with Crippen LogP contribution in [0.15, 0.2) is 30.3 Å². The molecule has 0 spiro atoms. The third-order valence-corrected chi connectivity index (χ3v) is 6.77. The molecule has 3 N–H and O–H groups in total. The average Bonchev–Trinajstić information content (AvgIpc) is 3.20. The van der Waals surface area contributed by atoms with E-state index in [4.69, 9.17) is 16.6 Å². The number of piperazine rings is 1. The van der Waals surface area contributed by atoms with Gasteiger partial charge in [-0.25, -0.2) is 9.97 Å². The Hall–Kier alpha value is -3.92. The number of anilines is 2. The lowest BCUT2D eigenvalue weighted by Gasteiger charge is -2.35. The summed E-state index contributed by atoms with van der Waals surface area (Å²) < 4.78 is 0. The van der Waals surface area contributed by atoms with Crippen molar-refractivity contribution >= 4 is 40.8 Å². The van der Waals surface area contributed by atoms with E-state index in [0.717, 1.165) is 11.4 Å². The number of benzene rings is 1. The van der Waals surface area contributed by atoms with Crippen LogP contribution in [0.2, 0.25) is 5.02 Å². The van der Waals surface area contributed by atoms with Crippen molar-refractivity contribution in [3.05, 3.63) is 57.9 Å². The highest BCUT2D eigenvalue weighted by Crippen LogP contribution is 2.26. The van der Waals surface area contributed by atoms with Crippen LogP contribution in [0.3, 0.4) is 0 Å². The number of H-pyrrole nitrogens is 1. The zero-order chi connectivity index (χ0) is 27.4. The number of ketones is 1. The summed E-state index contributed by atoms with van der Waals surface area (Å²) in [5, 5.41) is 6.65. The second kappa shape index (κ2) is 11.6. The topological polar surface area (TPSA) is 123 Å². The van der Waals surface area contributed by atoms with E-state index >= 15 is 0 Å². The lowest BCUT2D eigenvalue weighted by Crippen LogP contribution is -2.49. The molecule has 0 aliphatic carbocycles. The maximum atomic E-state index is 13.3. The van der Waals surface area contributed by atoms with Gasteiger partial charge < -0.3 is 25.4 Å². The zero-order valence-electron chi connectivity index (χ0n) is 22.0. The van der Waals surface area contributed by atoms with Gasteiger partial charge in [-0.15, -0.1) is 0 Å². The summed E-state index contributed by atoms with van der Waals surface area (Å²) in [6.45, 7) is 9.79. The van der Waals surface area contributed by atoms with Crippen LogP contribution in [0.1, 0.15) is 46.0 Å². The Bertz CT molecular complexity index is 1350. The maximum Gasteiger partial charge on any atom is 0.270 e. The van der Waals surface area contributed by atoms with Gasteiger partial charge in [0.25, 0.3) is 5.91 Å². The van der Waals surface area contributed by atoms with Gasteiger partial charge in [-0.1, -0.05) is 11.6 Å². The molecular formula is C27H32ClN7O3. The summed E-state index contributed by atoms with van der Waals surface area (Å²) in [4.78, 5) is 52.9. The molecule has 0 atom stereocenters. The first-order valence-electron chi connectivity index (χ1n) is 12.5. The standard InChI is InChI=1S/C27H32ClN7O3/c1-16-24(18(3)36)17(2)31-25(16)27(38)35-13-11-34(12-14-35)23-15-22(30-10-9-29-19(4)37)32-26(33-23)20-5-7-21(28)8-6-20/h5-8,15,31H,9-14H2,1-4H3,(H,29,37)(H,30,32,33). The quantitative estimate of drug-likeness (QED) is 0.297. The van der Waals surface area contributed by atoms with Gasteiger partial charge in [0.15, 0.2) is 11.6 Å². The number of hydrogen-bond acceptors (Lipinski definition) is 7. The van der Waals surface area contributed by atoms with Crippen LogP contribution in [-0.4, -0.2) is 76.7 Å². The van der Waals surface area contributed by atoms with Crippen molar-refractivity contribution in [2.75, 3.05) is 49.5 Å². The van der Waals surface area contributed by atoms with Gasteiger partial charge in [0.05, 0.1) is 0 Å². The van der Waals surface area contributed by atoms with Crippen molar-refractivity contribution in [1.29, 1.82) is 0 Å². The van der Waals surface area contributed by atoms with Crippen molar-refractivity contribution in [2.24, 2.45) is 0 Å². The number of carbonyl (C=O) groups is 3. The summed E-state index contributed by atoms with van der Waals surface area (Å²) in [7, 11) is 0. The third-order valence-electron chi connectivity index (χ3n) is 6.51. The van der Waals surface area contributed by atoms with Crippen LogP contribution in [0.25, 0.3) is 11.4 Å². The lowest BCUT2D eigenvalue weighted by molar-refractivity contribution is -0.118. The molecule has 0 radical (unpaired) electrons. The SMILES string of the molecule is CC(=O)NCCNc1cc(N2CCN(C(=O)c3[nH]c(C)c(C(C)=O)c3C)CC2)nc(-c2ccc(Cl)cc2)n1. The summed E-state index contributed by atoms with van der Waals surface area (Å²) in [6.07, 6.45) is 0. The fourth-order valence-corrected chi connectivity index (χ4v) is 4.76. The highest BCUT2D eigenvalue weighted by atomic mass is 35.5. The molecule has 0 bridgehead atoms. The summed E-state index contributed by atoms with van der Waals surface area (Å²) in [5.74, 6) is 1.67. The Labute approximate surface area is 226 Å².